The zero-order chi connectivity index (χ0) is 24.4. The Hall–Kier alpha value is -3.95. The minimum atomic E-state index is -0.617. The van der Waals surface area contributed by atoms with Gasteiger partial charge in [-0.05, 0) is 34.7 Å². The molecule has 0 bridgehead atoms. The van der Waals surface area contributed by atoms with Crippen molar-refractivity contribution < 1.29 is 18.7 Å². The Labute approximate surface area is 200 Å². The van der Waals surface area contributed by atoms with E-state index in [1.807, 2.05) is 17.0 Å². The van der Waals surface area contributed by atoms with E-state index in [2.05, 4.69) is 25.4 Å². The summed E-state index contributed by atoms with van der Waals surface area (Å²) in [5.74, 6) is -0.398. The van der Waals surface area contributed by atoms with E-state index in [-0.39, 0.29) is 35.8 Å². The molecule has 2 atom stereocenters. The van der Waals surface area contributed by atoms with Crippen LogP contribution in [-0.2, 0) is 16.0 Å². The Morgan fingerprint density at radius 1 is 1.29 bits per heavy atom. The van der Waals surface area contributed by atoms with Gasteiger partial charge >= 0.3 is 0 Å². The summed E-state index contributed by atoms with van der Waals surface area (Å²) in [4.78, 5) is 21.4. The number of halogens is 1. The molecule has 1 amide bonds. The Morgan fingerprint density at radius 3 is 2.89 bits per heavy atom. The van der Waals surface area contributed by atoms with Gasteiger partial charge in [-0.15, -0.1) is 5.10 Å². The van der Waals surface area contributed by atoms with Gasteiger partial charge in [0.15, 0.2) is 0 Å². The fourth-order valence-corrected chi connectivity index (χ4v) is 4.55. The van der Waals surface area contributed by atoms with Crippen LogP contribution in [0.25, 0.3) is 5.69 Å². The first kappa shape index (κ1) is 22.8. The van der Waals surface area contributed by atoms with Gasteiger partial charge in [-0.2, -0.15) is 9.94 Å². The number of ether oxygens (including phenoxy) is 2. The van der Waals surface area contributed by atoms with Gasteiger partial charge in [-0.3, -0.25) is 14.7 Å². The van der Waals surface area contributed by atoms with Crippen molar-refractivity contribution in [1.29, 1.82) is 5.26 Å². The highest BCUT2D eigenvalue weighted by atomic mass is 19.1. The van der Waals surface area contributed by atoms with Gasteiger partial charge in [0, 0.05) is 37.4 Å². The summed E-state index contributed by atoms with van der Waals surface area (Å²) in [5, 5.41) is 20.3. The molecule has 5 rings (SSSR count). The van der Waals surface area contributed by atoms with Crippen LogP contribution in [0.3, 0.4) is 0 Å². The van der Waals surface area contributed by atoms with Crippen molar-refractivity contribution in [3.8, 4) is 17.5 Å². The van der Waals surface area contributed by atoms with Crippen LogP contribution in [0.15, 0.2) is 36.8 Å². The molecule has 2 aliphatic heterocycles. The molecule has 0 aliphatic carbocycles. The van der Waals surface area contributed by atoms with Gasteiger partial charge in [0.1, 0.15) is 29.5 Å². The fourth-order valence-electron chi connectivity index (χ4n) is 4.55. The van der Waals surface area contributed by atoms with E-state index in [1.54, 1.807) is 18.3 Å². The smallest absolute Gasteiger partial charge is 0.228 e. The molecule has 0 radical (unpaired) electrons. The third-order valence-electron chi connectivity index (χ3n) is 6.40. The number of hydrogen-bond acceptors (Lipinski definition) is 9. The van der Waals surface area contributed by atoms with Crippen molar-refractivity contribution in [3.63, 3.8) is 0 Å². The van der Waals surface area contributed by atoms with Gasteiger partial charge in [0.2, 0.25) is 5.91 Å². The van der Waals surface area contributed by atoms with E-state index in [4.69, 9.17) is 9.47 Å². The summed E-state index contributed by atoms with van der Waals surface area (Å²) in [5.41, 5.74) is 1.92. The fraction of sp³-hybridized carbons (Fsp3) is 0.391. The molecule has 12 heteroatoms. The molecule has 2 fully saturated rings. The van der Waals surface area contributed by atoms with Gasteiger partial charge in [0.05, 0.1) is 44.2 Å². The quantitative estimate of drug-likeness (QED) is 0.526. The van der Waals surface area contributed by atoms with Crippen LogP contribution < -0.4 is 4.74 Å². The van der Waals surface area contributed by atoms with Crippen molar-refractivity contribution in [3.05, 3.63) is 59.4 Å². The van der Waals surface area contributed by atoms with Crippen molar-refractivity contribution in [1.82, 2.24) is 35.0 Å². The standard InChI is InChI=1S/C23H23FN8O3/c1-34-23-18(4-5-20(24)19(23)9-25)21-12-30-6-7-31(11-17(30)13-35-21)22(33)8-15-2-3-16(10-26-15)32-14-27-28-29-32/h2-5,10,14,17,21H,6-8,11-13H2,1H3/t17-,21+/m0/s1. The molecule has 0 spiro atoms. The lowest BCUT2D eigenvalue weighted by Gasteiger charge is -2.46. The number of hydrogen-bond donors (Lipinski definition) is 0. The lowest BCUT2D eigenvalue weighted by Crippen LogP contribution is -2.59. The maximum Gasteiger partial charge on any atom is 0.228 e. The van der Waals surface area contributed by atoms with Crippen LogP contribution >= 0.6 is 0 Å². The molecule has 0 N–H and O–H groups in total. The molecule has 35 heavy (non-hydrogen) atoms. The zero-order valence-electron chi connectivity index (χ0n) is 19.0. The Balaban J connectivity index is 1.20. The van der Waals surface area contributed by atoms with Crippen LogP contribution in [0, 0.1) is 17.1 Å². The van der Waals surface area contributed by atoms with Crippen molar-refractivity contribution in [2.75, 3.05) is 39.9 Å². The number of aromatic nitrogens is 5. The van der Waals surface area contributed by atoms with E-state index in [0.29, 0.717) is 49.7 Å². The average molecular weight is 478 g/mol. The molecule has 3 aromatic rings. The Bertz CT molecular complexity index is 1240. The topological polar surface area (TPSA) is 122 Å². The van der Waals surface area contributed by atoms with Gasteiger partial charge in [-0.25, -0.2) is 4.39 Å². The van der Waals surface area contributed by atoms with Crippen LogP contribution in [0.1, 0.15) is 22.9 Å². The first-order chi connectivity index (χ1) is 17.1. The Morgan fingerprint density at radius 2 is 2.17 bits per heavy atom. The number of pyridine rings is 1. The number of fused-ring (bicyclic) bond motifs is 1. The monoisotopic (exact) mass is 478 g/mol. The molecule has 180 valence electrons. The minimum Gasteiger partial charge on any atom is -0.495 e. The maximum atomic E-state index is 14.0. The predicted octanol–water partition coefficient (Wildman–Crippen LogP) is 0.903. The molecule has 1 aromatic carbocycles. The number of benzene rings is 1. The average Bonchev–Trinajstić information content (AvgIpc) is 3.43. The first-order valence-corrected chi connectivity index (χ1v) is 11.2. The third kappa shape index (κ3) is 4.55. The highest BCUT2D eigenvalue weighted by Gasteiger charge is 2.37. The molecule has 0 unspecified atom stereocenters. The second-order valence-corrected chi connectivity index (χ2v) is 8.41. The van der Waals surface area contributed by atoms with Crippen LogP contribution in [0.4, 0.5) is 4.39 Å². The molecular weight excluding hydrogens is 455 g/mol. The molecule has 2 aromatic heterocycles. The van der Waals surface area contributed by atoms with Crippen molar-refractivity contribution >= 4 is 5.91 Å². The maximum absolute atomic E-state index is 14.0. The normalized spacial score (nSPS) is 20.2. The lowest BCUT2D eigenvalue weighted by atomic mass is 10.00. The number of methoxy groups -OCH3 is 1. The number of tetrazole rings is 1. The second kappa shape index (κ2) is 9.73. The van der Waals surface area contributed by atoms with E-state index >= 15 is 0 Å². The summed E-state index contributed by atoms with van der Waals surface area (Å²) in [6.07, 6.45) is 2.97. The molecule has 4 heterocycles. The van der Waals surface area contributed by atoms with Crippen molar-refractivity contribution in [2.24, 2.45) is 0 Å². The molecule has 2 saturated heterocycles. The summed E-state index contributed by atoms with van der Waals surface area (Å²) < 4.78 is 26.9. The third-order valence-corrected chi connectivity index (χ3v) is 6.40. The number of rotatable bonds is 5. The van der Waals surface area contributed by atoms with E-state index in [0.717, 1.165) is 0 Å². The van der Waals surface area contributed by atoms with Crippen molar-refractivity contribution in [2.45, 2.75) is 18.6 Å². The van der Waals surface area contributed by atoms with Crippen LogP contribution in [0.5, 0.6) is 5.75 Å². The minimum absolute atomic E-state index is 0.00770. The number of carbonyl (C=O) groups is 1. The SMILES string of the molecule is COc1c([C@H]2CN3CCN(C(=O)Cc4ccc(-n5cnnn5)cn4)C[C@H]3CO2)ccc(F)c1C#N. The highest BCUT2D eigenvalue weighted by molar-refractivity contribution is 5.78. The van der Waals surface area contributed by atoms with Gasteiger partial charge in [-0.1, -0.05) is 0 Å². The predicted molar refractivity (Wildman–Crippen MR) is 119 cm³/mol. The number of carbonyl (C=O) groups excluding carboxylic acids is 1. The van der Waals surface area contributed by atoms with E-state index < -0.39 is 5.82 Å². The second-order valence-electron chi connectivity index (χ2n) is 8.41. The summed E-state index contributed by atoms with van der Waals surface area (Å²) >= 11 is 0. The number of nitriles is 1. The number of piperazine rings is 1. The first-order valence-electron chi connectivity index (χ1n) is 11.2. The van der Waals surface area contributed by atoms with E-state index in [1.165, 1.54) is 24.2 Å². The molecule has 0 saturated carbocycles. The molecular formula is C23H23FN8O3. The lowest BCUT2D eigenvalue weighted by molar-refractivity contribution is -0.139. The highest BCUT2D eigenvalue weighted by Crippen LogP contribution is 2.35. The summed E-state index contributed by atoms with van der Waals surface area (Å²) in [6.45, 7) is 2.82. The van der Waals surface area contributed by atoms with Crippen LogP contribution in [-0.4, -0.2) is 86.8 Å². The van der Waals surface area contributed by atoms with E-state index in [9.17, 15) is 14.4 Å². The summed E-state index contributed by atoms with van der Waals surface area (Å²) in [6, 6.07) is 8.42. The number of morpholine rings is 1. The molecule has 2 aliphatic rings. The van der Waals surface area contributed by atoms with Crippen LogP contribution in [0.2, 0.25) is 0 Å². The largest absolute Gasteiger partial charge is 0.495 e. The molecule has 11 nitrogen and oxygen atoms in total. The Kier molecular flexibility index (Phi) is 6.35. The summed E-state index contributed by atoms with van der Waals surface area (Å²) in [7, 11) is 1.42. The number of nitrogens with zero attached hydrogens (tertiary/aromatic N) is 8. The van der Waals surface area contributed by atoms with Gasteiger partial charge in [0.25, 0.3) is 0 Å². The van der Waals surface area contributed by atoms with Gasteiger partial charge < -0.3 is 14.4 Å². The zero-order valence-corrected chi connectivity index (χ0v) is 19.0. The number of amides is 1.